The third kappa shape index (κ3) is 3.15. The molecule has 2 N–H and O–H groups in total. The van der Waals surface area contributed by atoms with E-state index in [4.69, 9.17) is 0 Å². The standard InChI is InChI=1S/C8H9NO4S/c1-6-3-2-4-7(5-6)8(10)13-14(9,11)12/h2-5H,1H3,(H2,9,11,12). The monoisotopic (exact) mass is 215 g/mol. The van der Waals surface area contributed by atoms with Gasteiger partial charge in [-0.1, -0.05) is 17.7 Å². The summed E-state index contributed by atoms with van der Waals surface area (Å²) in [4.78, 5) is 11.1. The Hall–Kier alpha value is -1.40. The Morgan fingerprint density at radius 1 is 1.43 bits per heavy atom. The zero-order valence-corrected chi connectivity index (χ0v) is 8.24. The van der Waals surface area contributed by atoms with Crippen LogP contribution in [0, 0.1) is 6.92 Å². The fourth-order valence-electron chi connectivity index (χ4n) is 0.926. The highest BCUT2D eigenvalue weighted by Crippen LogP contribution is 2.06. The maximum absolute atomic E-state index is 11.1. The smallest absolute Gasteiger partial charge is 0.330 e. The van der Waals surface area contributed by atoms with Gasteiger partial charge in [-0.2, -0.15) is 13.6 Å². The van der Waals surface area contributed by atoms with Crippen molar-refractivity contribution in [2.45, 2.75) is 6.92 Å². The van der Waals surface area contributed by atoms with Gasteiger partial charge < -0.3 is 4.18 Å². The topological polar surface area (TPSA) is 86.5 Å². The van der Waals surface area contributed by atoms with Gasteiger partial charge >= 0.3 is 16.3 Å². The second kappa shape index (κ2) is 3.77. The molecule has 14 heavy (non-hydrogen) atoms. The number of carbonyl (C=O) groups excluding carboxylic acids is 1. The Kier molecular flexibility index (Phi) is 2.87. The van der Waals surface area contributed by atoms with Crippen molar-refractivity contribution >= 4 is 16.3 Å². The van der Waals surface area contributed by atoms with Crippen LogP contribution in [0.5, 0.6) is 0 Å². The van der Waals surface area contributed by atoms with Gasteiger partial charge in [0.2, 0.25) is 0 Å². The Morgan fingerprint density at radius 2 is 2.07 bits per heavy atom. The first-order chi connectivity index (χ1) is 6.38. The van der Waals surface area contributed by atoms with E-state index >= 15 is 0 Å². The van der Waals surface area contributed by atoms with Gasteiger partial charge in [-0.15, -0.1) is 0 Å². The average Bonchev–Trinajstić information content (AvgIpc) is 2.01. The summed E-state index contributed by atoms with van der Waals surface area (Å²) >= 11 is 0. The van der Waals surface area contributed by atoms with Crippen molar-refractivity contribution < 1.29 is 17.4 Å². The summed E-state index contributed by atoms with van der Waals surface area (Å²) in [6.07, 6.45) is 0. The molecular formula is C8H9NO4S. The van der Waals surface area contributed by atoms with Gasteiger partial charge in [-0.3, -0.25) is 0 Å². The second-order valence-electron chi connectivity index (χ2n) is 2.73. The lowest BCUT2D eigenvalue weighted by molar-refractivity contribution is 0.0747. The van der Waals surface area contributed by atoms with Crippen LogP contribution in [-0.2, 0) is 14.5 Å². The fraction of sp³-hybridized carbons (Fsp3) is 0.125. The zero-order valence-electron chi connectivity index (χ0n) is 7.43. The largest absolute Gasteiger partial charge is 0.382 e. The molecule has 1 aromatic rings. The lowest BCUT2D eigenvalue weighted by atomic mass is 10.1. The van der Waals surface area contributed by atoms with E-state index in [-0.39, 0.29) is 5.56 Å². The molecule has 0 spiro atoms. The van der Waals surface area contributed by atoms with E-state index in [2.05, 4.69) is 9.32 Å². The molecule has 0 unspecified atom stereocenters. The molecule has 0 radical (unpaired) electrons. The number of aryl methyl sites for hydroxylation is 1. The minimum absolute atomic E-state index is 0.152. The quantitative estimate of drug-likeness (QED) is 0.771. The molecule has 0 heterocycles. The van der Waals surface area contributed by atoms with Crippen molar-refractivity contribution in [3.63, 3.8) is 0 Å². The van der Waals surface area contributed by atoms with E-state index in [0.29, 0.717) is 0 Å². The normalized spacial score (nSPS) is 11.0. The Labute approximate surface area is 81.7 Å². The fourth-order valence-corrected chi connectivity index (χ4v) is 1.23. The molecule has 0 fully saturated rings. The first-order valence-electron chi connectivity index (χ1n) is 3.72. The summed E-state index contributed by atoms with van der Waals surface area (Å²) in [5.74, 6) is -0.976. The van der Waals surface area contributed by atoms with Crippen molar-refractivity contribution in [3.05, 3.63) is 35.4 Å². The zero-order chi connectivity index (χ0) is 10.8. The van der Waals surface area contributed by atoms with Crippen LogP contribution < -0.4 is 5.14 Å². The van der Waals surface area contributed by atoms with Crippen LogP contribution in [0.2, 0.25) is 0 Å². The molecule has 1 aromatic carbocycles. The van der Waals surface area contributed by atoms with Crippen LogP contribution in [0.25, 0.3) is 0 Å². The lowest BCUT2D eigenvalue weighted by Crippen LogP contribution is -2.20. The predicted molar refractivity (Wildman–Crippen MR) is 49.7 cm³/mol. The Morgan fingerprint density at radius 3 is 2.57 bits per heavy atom. The van der Waals surface area contributed by atoms with E-state index < -0.39 is 16.3 Å². The molecule has 0 aliphatic carbocycles. The van der Waals surface area contributed by atoms with E-state index in [0.717, 1.165) is 5.56 Å². The number of hydrogen-bond acceptors (Lipinski definition) is 4. The highest BCUT2D eigenvalue weighted by atomic mass is 32.2. The number of rotatable bonds is 2. The molecule has 0 bridgehead atoms. The molecule has 1 rings (SSSR count). The SMILES string of the molecule is Cc1cccc(C(=O)OS(N)(=O)=O)c1. The van der Waals surface area contributed by atoms with Crippen molar-refractivity contribution in [2.24, 2.45) is 5.14 Å². The summed E-state index contributed by atoms with van der Waals surface area (Å²) in [5, 5.41) is 4.54. The molecule has 0 aliphatic heterocycles. The third-order valence-corrected chi connectivity index (χ3v) is 1.83. The molecule has 0 aromatic heterocycles. The molecule has 5 nitrogen and oxygen atoms in total. The maximum Gasteiger partial charge on any atom is 0.382 e. The third-order valence-electron chi connectivity index (χ3n) is 1.45. The van der Waals surface area contributed by atoms with Crippen LogP contribution in [0.15, 0.2) is 24.3 Å². The minimum Gasteiger partial charge on any atom is -0.330 e. The van der Waals surface area contributed by atoms with Crippen molar-refractivity contribution in [2.75, 3.05) is 0 Å². The van der Waals surface area contributed by atoms with Crippen LogP contribution in [0.3, 0.4) is 0 Å². The molecule has 0 saturated heterocycles. The first-order valence-corrected chi connectivity index (χ1v) is 5.19. The second-order valence-corrected chi connectivity index (χ2v) is 3.89. The summed E-state index contributed by atoms with van der Waals surface area (Å²) in [7, 11) is -4.23. The van der Waals surface area contributed by atoms with Gasteiger partial charge in [0.05, 0.1) is 5.56 Å². The Bertz CT molecular complexity index is 452. The van der Waals surface area contributed by atoms with Crippen LogP contribution >= 0.6 is 0 Å². The highest BCUT2D eigenvalue weighted by molar-refractivity contribution is 7.84. The number of hydrogen-bond donors (Lipinski definition) is 1. The Balaban J connectivity index is 2.91. The molecule has 0 saturated carbocycles. The summed E-state index contributed by atoms with van der Waals surface area (Å²) < 4.78 is 24.9. The molecule has 6 heteroatoms. The van der Waals surface area contributed by atoms with E-state index in [1.54, 1.807) is 19.1 Å². The van der Waals surface area contributed by atoms with Crippen LogP contribution in [0.1, 0.15) is 15.9 Å². The van der Waals surface area contributed by atoms with E-state index in [1.807, 2.05) is 0 Å². The molecule has 0 atom stereocenters. The van der Waals surface area contributed by atoms with E-state index in [1.165, 1.54) is 12.1 Å². The minimum atomic E-state index is -4.23. The van der Waals surface area contributed by atoms with Crippen molar-refractivity contribution in [1.29, 1.82) is 0 Å². The number of carbonyl (C=O) groups is 1. The van der Waals surface area contributed by atoms with Gasteiger partial charge in [0.15, 0.2) is 0 Å². The number of nitrogens with two attached hydrogens (primary N) is 1. The van der Waals surface area contributed by atoms with Gasteiger partial charge in [0, 0.05) is 0 Å². The summed E-state index contributed by atoms with van der Waals surface area (Å²) in [6, 6.07) is 6.34. The molecule has 0 aliphatic rings. The summed E-state index contributed by atoms with van der Waals surface area (Å²) in [6.45, 7) is 1.77. The van der Waals surface area contributed by atoms with E-state index in [9.17, 15) is 13.2 Å². The van der Waals surface area contributed by atoms with Crippen LogP contribution in [-0.4, -0.2) is 14.4 Å². The molecule has 76 valence electrons. The van der Waals surface area contributed by atoms with Gasteiger partial charge in [0.25, 0.3) is 0 Å². The molecular weight excluding hydrogens is 206 g/mol. The predicted octanol–water partition coefficient (Wildman–Crippen LogP) is 0.355. The summed E-state index contributed by atoms with van der Waals surface area (Å²) in [5.41, 5.74) is 0.980. The van der Waals surface area contributed by atoms with Gasteiger partial charge in [0.1, 0.15) is 0 Å². The van der Waals surface area contributed by atoms with Crippen LogP contribution in [0.4, 0.5) is 0 Å². The number of benzene rings is 1. The van der Waals surface area contributed by atoms with Crippen molar-refractivity contribution in [1.82, 2.24) is 0 Å². The average molecular weight is 215 g/mol. The lowest BCUT2D eigenvalue weighted by Gasteiger charge is -2.01. The highest BCUT2D eigenvalue weighted by Gasteiger charge is 2.13. The van der Waals surface area contributed by atoms with Gasteiger partial charge in [-0.05, 0) is 19.1 Å². The molecule has 0 amide bonds. The maximum atomic E-state index is 11.1. The van der Waals surface area contributed by atoms with Gasteiger partial charge in [-0.25, -0.2) is 4.79 Å². The first kappa shape index (κ1) is 10.7. The van der Waals surface area contributed by atoms with Crippen molar-refractivity contribution in [3.8, 4) is 0 Å².